The van der Waals surface area contributed by atoms with Gasteiger partial charge in [-0.1, -0.05) is 39.7 Å². The minimum absolute atomic E-state index is 0.692. The Morgan fingerprint density at radius 3 is 2.88 bits per heavy atom. The Balaban J connectivity index is 2.51. The molecule has 2 rings (SSSR count). The third-order valence-electron chi connectivity index (χ3n) is 2.56. The second kappa shape index (κ2) is 5.07. The number of hydrogen-bond acceptors (Lipinski definition) is 1. The van der Waals surface area contributed by atoms with Gasteiger partial charge in [0.1, 0.15) is 5.75 Å². The van der Waals surface area contributed by atoms with Crippen LogP contribution in [0.25, 0.3) is 5.57 Å². The number of halogens is 2. The van der Waals surface area contributed by atoms with Crippen molar-refractivity contribution < 1.29 is 4.74 Å². The Bertz CT molecular complexity index is 463. The van der Waals surface area contributed by atoms with Crippen molar-refractivity contribution in [2.75, 3.05) is 7.11 Å². The topological polar surface area (TPSA) is 9.23 Å². The van der Waals surface area contributed by atoms with Gasteiger partial charge in [0.05, 0.1) is 7.11 Å². The van der Waals surface area contributed by atoms with Crippen molar-refractivity contribution in [3.05, 3.63) is 45.4 Å². The minimum atomic E-state index is 0.692. The second-order valence-corrected chi connectivity index (χ2v) is 5.00. The third-order valence-corrected chi connectivity index (χ3v) is 3.62. The molecule has 0 radical (unpaired) electrons. The number of allylic oxidation sites excluding steroid dienone is 4. The molecule has 1 aliphatic rings. The Labute approximate surface area is 109 Å². The van der Waals surface area contributed by atoms with Gasteiger partial charge < -0.3 is 4.74 Å². The summed E-state index contributed by atoms with van der Waals surface area (Å²) in [5, 5.41) is 0.692. The molecular formula is C13H12BrClO. The molecule has 1 aliphatic carbocycles. The Hall–Kier alpha value is -0.730. The van der Waals surface area contributed by atoms with Crippen molar-refractivity contribution in [3.63, 3.8) is 0 Å². The Morgan fingerprint density at radius 2 is 2.19 bits per heavy atom. The van der Waals surface area contributed by atoms with E-state index in [-0.39, 0.29) is 0 Å². The Kier molecular flexibility index (Phi) is 3.72. The molecule has 3 heteroatoms. The zero-order valence-corrected chi connectivity index (χ0v) is 11.3. The van der Waals surface area contributed by atoms with Gasteiger partial charge in [0.25, 0.3) is 0 Å². The lowest BCUT2D eigenvalue weighted by Crippen LogP contribution is -1.94. The highest BCUT2D eigenvalue weighted by Crippen LogP contribution is 2.36. The van der Waals surface area contributed by atoms with E-state index in [0.29, 0.717) is 5.02 Å². The molecule has 0 amide bonds. The first-order valence-corrected chi connectivity index (χ1v) is 6.28. The first-order chi connectivity index (χ1) is 7.72. The summed E-state index contributed by atoms with van der Waals surface area (Å²) in [5.41, 5.74) is 2.26. The highest BCUT2D eigenvalue weighted by atomic mass is 79.9. The molecule has 1 aromatic rings. The van der Waals surface area contributed by atoms with E-state index in [1.54, 1.807) is 7.11 Å². The molecule has 16 heavy (non-hydrogen) atoms. The molecule has 1 aromatic carbocycles. The van der Waals surface area contributed by atoms with Crippen molar-refractivity contribution in [2.24, 2.45) is 0 Å². The fourth-order valence-corrected chi connectivity index (χ4v) is 2.50. The van der Waals surface area contributed by atoms with Gasteiger partial charge in [0.2, 0.25) is 0 Å². The quantitative estimate of drug-likeness (QED) is 0.762. The van der Waals surface area contributed by atoms with Crippen LogP contribution in [0, 0.1) is 0 Å². The van der Waals surface area contributed by atoms with Crippen LogP contribution in [0.15, 0.2) is 34.8 Å². The zero-order chi connectivity index (χ0) is 11.5. The van der Waals surface area contributed by atoms with Crippen LogP contribution in [0.5, 0.6) is 5.75 Å². The highest BCUT2D eigenvalue weighted by molar-refractivity contribution is 9.11. The van der Waals surface area contributed by atoms with Crippen LogP contribution < -0.4 is 4.74 Å². The van der Waals surface area contributed by atoms with E-state index in [2.05, 4.69) is 28.1 Å². The maximum atomic E-state index is 5.95. The monoisotopic (exact) mass is 298 g/mol. The van der Waals surface area contributed by atoms with Crippen molar-refractivity contribution in [1.82, 2.24) is 0 Å². The van der Waals surface area contributed by atoms with Gasteiger partial charge in [-0.05, 0) is 36.6 Å². The molecule has 84 valence electrons. The fourth-order valence-electron chi connectivity index (χ4n) is 1.76. The average molecular weight is 300 g/mol. The van der Waals surface area contributed by atoms with Crippen LogP contribution >= 0.6 is 27.5 Å². The normalized spacial score (nSPS) is 15.4. The molecule has 0 saturated carbocycles. The summed E-state index contributed by atoms with van der Waals surface area (Å²) >= 11 is 9.56. The van der Waals surface area contributed by atoms with Crippen LogP contribution in [0.2, 0.25) is 5.02 Å². The van der Waals surface area contributed by atoms with Crippen LogP contribution in [0.3, 0.4) is 0 Å². The molecule has 0 aliphatic heterocycles. The Morgan fingerprint density at radius 1 is 1.38 bits per heavy atom. The molecular weight excluding hydrogens is 287 g/mol. The SMILES string of the molecule is COc1cc(Cl)ccc1C1=C(Br)CCC=C1. The number of benzene rings is 1. The lowest BCUT2D eigenvalue weighted by Gasteiger charge is -2.14. The molecule has 0 heterocycles. The molecule has 0 unspecified atom stereocenters. The van der Waals surface area contributed by atoms with E-state index in [9.17, 15) is 0 Å². The number of rotatable bonds is 2. The maximum absolute atomic E-state index is 5.95. The molecule has 0 aromatic heterocycles. The van der Waals surface area contributed by atoms with Crippen LogP contribution in [0.4, 0.5) is 0 Å². The van der Waals surface area contributed by atoms with Crippen LogP contribution in [-0.2, 0) is 0 Å². The predicted octanol–water partition coefficient (Wildman–Crippen LogP) is 4.80. The van der Waals surface area contributed by atoms with Gasteiger partial charge in [-0.2, -0.15) is 0 Å². The molecule has 1 nitrogen and oxygen atoms in total. The van der Waals surface area contributed by atoms with Crippen LogP contribution in [-0.4, -0.2) is 7.11 Å². The van der Waals surface area contributed by atoms with Crippen molar-refractivity contribution in [1.29, 1.82) is 0 Å². The predicted molar refractivity (Wildman–Crippen MR) is 72.2 cm³/mol. The highest BCUT2D eigenvalue weighted by Gasteiger charge is 2.12. The van der Waals surface area contributed by atoms with Crippen LogP contribution in [0.1, 0.15) is 18.4 Å². The molecule has 0 saturated heterocycles. The van der Waals surface area contributed by atoms with E-state index in [1.165, 1.54) is 10.1 Å². The smallest absolute Gasteiger partial charge is 0.128 e. The average Bonchev–Trinajstić information content (AvgIpc) is 2.30. The molecule has 0 bridgehead atoms. The van der Waals surface area contributed by atoms with E-state index in [4.69, 9.17) is 16.3 Å². The van der Waals surface area contributed by atoms with E-state index < -0.39 is 0 Å². The first-order valence-electron chi connectivity index (χ1n) is 5.11. The van der Waals surface area contributed by atoms with Gasteiger partial charge in [-0.15, -0.1) is 0 Å². The van der Waals surface area contributed by atoms with Crippen molar-refractivity contribution in [3.8, 4) is 5.75 Å². The summed E-state index contributed by atoms with van der Waals surface area (Å²) in [6.45, 7) is 0. The van der Waals surface area contributed by atoms with Gasteiger partial charge in [-0.25, -0.2) is 0 Å². The van der Waals surface area contributed by atoms with E-state index in [0.717, 1.165) is 24.2 Å². The summed E-state index contributed by atoms with van der Waals surface area (Å²) in [7, 11) is 1.66. The number of hydrogen-bond donors (Lipinski definition) is 0. The fraction of sp³-hybridized carbons (Fsp3) is 0.231. The summed E-state index contributed by atoms with van der Waals surface area (Å²) in [6.07, 6.45) is 6.42. The zero-order valence-electron chi connectivity index (χ0n) is 8.97. The molecule has 0 fully saturated rings. The molecule has 0 spiro atoms. The largest absolute Gasteiger partial charge is 0.496 e. The molecule has 0 N–H and O–H groups in total. The van der Waals surface area contributed by atoms with Crippen molar-refractivity contribution >= 4 is 33.1 Å². The van der Waals surface area contributed by atoms with Gasteiger partial charge >= 0.3 is 0 Å². The number of ether oxygens (including phenoxy) is 1. The van der Waals surface area contributed by atoms with Gasteiger partial charge in [0, 0.05) is 15.1 Å². The number of methoxy groups -OCH3 is 1. The van der Waals surface area contributed by atoms with Gasteiger partial charge in [0.15, 0.2) is 0 Å². The van der Waals surface area contributed by atoms with E-state index >= 15 is 0 Å². The first kappa shape index (κ1) is 11.7. The third kappa shape index (κ3) is 2.33. The summed E-state index contributed by atoms with van der Waals surface area (Å²) < 4.78 is 6.57. The standard InChI is InChI=1S/C13H12BrClO/c1-16-13-8-9(15)6-7-11(13)10-4-2-3-5-12(10)14/h2,4,6-8H,3,5H2,1H3. The summed E-state index contributed by atoms with van der Waals surface area (Å²) in [5.74, 6) is 0.811. The lowest BCUT2D eigenvalue weighted by atomic mass is 9.99. The van der Waals surface area contributed by atoms with E-state index in [1.807, 2.05) is 18.2 Å². The maximum Gasteiger partial charge on any atom is 0.128 e. The van der Waals surface area contributed by atoms with Crippen molar-refractivity contribution in [2.45, 2.75) is 12.8 Å². The summed E-state index contributed by atoms with van der Waals surface area (Å²) in [4.78, 5) is 0. The minimum Gasteiger partial charge on any atom is -0.496 e. The van der Waals surface area contributed by atoms with Gasteiger partial charge in [-0.3, -0.25) is 0 Å². The summed E-state index contributed by atoms with van der Waals surface area (Å²) in [6, 6.07) is 5.72. The second-order valence-electron chi connectivity index (χ2n) is 3.60. The molecule has 0 atom stereocenters. The lowest BCUT2D eigenvalue weighted by molar-refractivity contribution is 0.413.